The number of amides is 1. The topological polar surface area (TPSA) is 153 Å². The van der Waals surface area contributed by atoms with Gasteiger partial charge < -0.3 is 15.2 Å². The number of aromatic nitrogens is 7. The molecule has 0 saturated carbocycles. The van der Waals surface area contributed by atoms with Crippen LogP contribution < -0.4 is 10.2 Å². The van der Waals surface area contributed by atoms with Crippen LogP contribution in [-0.2, 0) is 11.8 Å². The van der Waals surface area contributed by atoms with Crippen LogP contribution in [0.5, 0.6) is 0 Å². The average molecular weight is 532 g/mol. The SMILES string of the molecule is Cc1cccnc1N(C(=O)c1ccc(-c2cnn(C)c2-c2nnn([C@H](C)OC(=O)O)n2)cc1)[C@@H]1CCCNC1. The molecule has 2 N–H and O–H groups in total. The number of ether oxygens (including phenoxy) is 1. The maximum absolute atomic E-state index is 13.8. The third-order valence-electron chi connectivity index (χ3n) is 6.68. The number of piperidine rings is 1. The highest BCUT2D eigenvalue weighted by Gasteiger charge is 2.30. The minimum atomic E-state index is -1.44. The molecule has 202 valence electrons. The number of aryl methyl sites for hydroxylation is 2. The van der Waals surface area contributed by atoms with Crippen LogP contribution >= 0.6 is 0 Å². The molecule has 1 aliphatic heterocycles. The fourth-order valence-electron chi connectivity index (χ4n) is 4.73. The van der Waals surface area contributed by atoms with Gasteiger partial charge in [0.15, 0.2) is 0 Å². The summed E-state index contributed by atoms with van der Waals surface area (Å²) < 4.78 is 6.31. The van der Waals surface area contributed by atoms with Crippen molar-refractivity contribution in [2.24, 2.45) is 7.05 Å². The molecule has 4 heterocycles. The summed E-state index contributed by atoms with van der Waals surface area (Å²) in [6, 6.07) is 11.1. The molecule has 0 aliphatic carbocycles. The van der Waals surface area contributed by atoms with Crippen LogP contribution in [0.15, 0.2) is 48.8 Å². The summed E-state index contributed by atoms with van der Waals surface area (Å²) in [5.41, 5.74) is 3.61. The highest BCUT2D eigenvalue weighted by molar-refractivity contribution is 6.06. The second-order valence-electron chi connectivity index (χ2n) is 9.34. The standard InChI is InChI=1S/C26H29N9O4/c1-16-6-4-13-28-24(16)34(20-7-5-12-27-14-20)25(36)19-10-8-18(9-11-19)21-15-29-33(3)22(21)23-30-32-35(31-23)17(2)39-26(37)38/h4,6,8-11,13,15,17,20,27H,5,7,12,14H2,1-3H3,(H,37,38)/t17-,20+/m0/s1. The Morgan fingerprint density at radius 3 is 2.72 bits per heavy atom. The molecular formula is C26H29N9O4. The van der Waals surface area contributed by atoms with Crippen molar-refractivity contribution in [1.82, 2.24) is 40.3 Å². The summed E-state index contributed by atoms with van der Waals surface area (Å²) >= 11 is 0. The zero-order valence-corrected chi connectivity index (χ0v) is 21.9. The summed E-state index contributed by atoms with van der Waals surface area (Å²) in [7, 11) is 1.75. The first-order valence-electron chi connectivity index (χ1n) is 12.6. The minimum absolute atomic E-state index is 0.00522. The molecule has 13 nitrogen and oxygen atoms in total. The van der Waals surface area contributed by atoms with Gasteiger partial charge in [-0.25, -0.2) is 9.78 Å². The number of rotatable bonds is 7. The van der Waals surface area contributed by atoms with Crippen LogP contribution in [0.25, 0.3) is 22.6 Å². The first-order chi connectivity index (χ1) is 18.8. The predicted molar refractivity (Wildman–Crippen MR) is 141 cm³/mol. The lowest BCUT2D eigenvalue weighted by Crippen LogP contribution is -2.49. The molecule has 0 bridgehead atoms. The zero-order chi connectivity index (χ0) is 27.5. The van der Waals surface area contributed by atoms with Crippen molar-refractivity contribution in [2.45, 2.75) is 39.0 Å². The highest BCUT2D eigenvalue weighted by atomic mass is 16.7. The van der Waals surface area contributed by atoms with E-state index in [1.165, 1.54) is 6.92 Å². The van der Waals surface area contributed by atoms with Crippen molar-refractivity contribution < 1.29 is 19.4 Å². The van der Waals surface area contributed by atoms with Gasteiger partial charge in [0.1, 0.15) is 11.5 Å². The normalized spacial score (nSPS) is 16.0. The fourth-order valence-corrected chi connectivity index (χ4v) is 4.73. The molecule has 0 spiro atoms. The van der Waals surface area contributed by atoms with Gasteiger partial charge in [0.05, 0.1) is 12.2 Å². The van der Waals surface area contributed by atoms with Crippen LogP contribution in [0.3, 0.4) is 0 Å². The van der Waals surface area contributed by atoms with E-state index in [0.29, 0.717) is 23.6 Å². The number of carbonyl (C=O) groups is 2. The van der Waals surface area contributed by atoms with E-state index in [0.717, 1.165) is 40.9 Å². The highest BCUT2D eigenvalue weighted by Crippen LogP contribution is 2.31. The number of hydrogen-bond acceptors (Lipinski definition) is 9. The predicted octanol–water partition coefficient (Wildman–Crippen LogP) is 3.06. The van der Waals surface area contributed by atoms with Crippen molar-refractivity contribution in [3.05, 3.63) is 59.9 Å². The van der Waals surface area contributed by atoms with Gasteiger partial charge in [-0.2, -0.15) is 5.10 Å². The number of nitrogens with one attached hydrogen (secondary N) is 1. The van der Waals surface area contributed by atoms with E-state index in [4.69, 9.17) is 9.84 Å². The van der Waals surface area contributed by atoms with E-state index in [1.807, 2.05) is 36.1 Å². The molecule has 4 aromatic rings. The Balaban J connectivity index is 1.44. The van der Waals surface area contributed by atoms with Gasteiger partial charge in [0.25, 0.3) is 5.91 Å². The Labute approximate surface area is 224 Å². The Morgan fingerprint density at radius 1 is 1.23 bits per heavy atom. The zero-order valence-electron chi connectivity index (χ0n) is 21.9. The van der Waals surface area contributed by atoms with Gasteiger partial charge in [-0.05, 0) is 67.8 Å². The summed E-state index contributed by atoms with van der Waals surface area (Å²) in [5, 5.41) is 28.9. The van der Waals surface area contributed by atoms with E-state index < -0.39 is 12.4 Å². The number of anilines is 1. The number of pyridine rings is 1. The summed E-state index contributed by atoms with van der Waals surface area (Å²) in [6.07, 6.45) is 2.90. The van der Waals surface area contributed by atoms with Gasteiger partial charge in [0.2, 0.25) is 12.1 Å². The van der Waals surface area contributed by atoms with Gasteiger partial charge in [-0.1, -0.05) is 18.2 Å². The summed E-state index contributed by atoms with van der Waals surface area (Å²) in [4.78, 5) is 32.1. The molecule has 1 aromatic carbocycles. The molecule has 0 unspecified atom stereocenters. The molecule has 1 saturated heterocycles. The fraction of sp³-hybridized carbons (Fsp3) is 0.346. The van der Waals surface area contributed by atoms with Gasteiger partial charge in [-0.15, -0.1) is 15.0 Å². The van der Waals surface area contributed by atoms with Crippen molar-refractivity contribution in [3.63, 3.8) is 0 Å². The Bertz CT molecular complexity index is 1470. The third kappa shape index (κ3) is 5.34. The van der Waals surface area contributed by atoms with Gasteiger partial charge in [0, 0.05) is 30.9 Å². The van der Waals surface area contributed by atoms with Crippen molar-refractivity contribution in [2.75, 3.05) is 18.0 Å². The summed E-state index contributed by atoms with van der Waals surface area (Å²) in [6.45, 7) is 5.11. The monoisotopic (exact) mass is 531 g/mol. The third-order valence-corrected chi connectivity index (χ3v) is 6.68. The number of benzene rings is 1. The lowest BCUT2D eigenvalue weighted by Gasteiger charge is -2.34. The second-order valence-corrected chi connectivity index (χ2v) is 9.34. The van der Waals surface area contributed by atoms with Crippen LogP contribution in [0, 0.1) is 6.92 Å². The largest absolute Gasteiger partial charge is 0.507 e. The van der Waals surface area contributed by atoms with Crippen molar-refractivity contribution in [3.8, 4) is 22.6 Å². The molecule has 5 rings (SSSR count). The van der Waals surface area contributed by atoms with E-state index in [-0.39, 0.29) is 17.8 Å². The van der Waals surface area contributed by atoms with Crippen molar-refractivity contribution in [1.29, 1.82) is 0 Å². The van der Waals surface area contributed by atoms with Crippen molar-refractivity contribution >= 4 is 17.9 Å². The number of hydrogen-bond donors (Lipinski definition) is 2. The van der Waals surface area contributed by atoms with Crippen LogP contribution in [-0.4, -0.2) is 71.3 Å². The lowest BCUT2D eigenvalue weighted by molar-refractivity contribution is 0.0139. The van der Waals surface area contributed by atoms with E-state index >= 15 is 0 Å². The Kier molecular flexibility index (Phi) is 7.32. The smallest absolute Gasteiger partial charge is 0.450 e. The van der Waals surface area contributed by atoms with E-state index in [1.54, 1.807) is 36.3 Å². The maximum Gasteiger partial charge on any atom is 0.507 e. The van der Waals surface area contributed by atoms with Crippen LogP contribution in [0.4, 0.5) is 10.6 Å². The van der Waals surface area contributed by atoms with E-state index in [2.05, 4.69) is 30.8 Å². The molecular weight excluding hydrogens is 502 g/mol. The molecule has 1 aliphatic rings. The molecule has 39 heavy (non-hydrogen) atoms. The molecule has 3 aromatic heterocycles. The van der Waals surface area contributed by atoms with E-state index in [9.17, 15) is 9.59 Å². The quantitative estimate of drug-likeness (QED) is 0.340. The first kappa shape index (κ1) is 26.0. The van der Waals surface area contributed by atoms with Gasteiger partial charge >= 0.3 is 6.16 Å². The number of carboxylic acid groups (broad SMARTS) is 1. The number of nitrogens with zero attached hydrogens (tertiary/aromatic N) is 8. The number of carbonyl (C=O) groups excluding carboxylic acids is 1. The van der Waals surface area contributed by atoms with Gasteiger partial charge in [-0.3, -0.25) is 14.4 Å². The second kappa shape index (κ2) is 11.0. The first-order valence-corrected chi connectivity index (χ1v) is 12.6. The molecule has 2 atom stereocenters. The molecule has 13 heteroatoms. The summed E-state index contributed by atoms with van der Waals surface area (Å²) in [5.74, 6) is 0.818. The minimum Gasteiger partial charge on any atom is -0.450 e. The molecule has 1 amide bonds. The lowest BCUT2D eigenvalue weighted by atomic mass is 10.0. The maximum atomic E-state index is 13.8. The Hall–Kier alpha value is -4.65. The molecule has 0 radical (unpaired) electrons. The molecule has 1 fully saturated rings. The van der Waals surface area contributed by atoms with Crippen LogP contribution in [0.1, 0.15) is 41.9 Å². The Morgan fingerprint density at radius 2 is 2.03 bits per heavy atom. The number of tetrazole rings is 1. The van der Waals surface area contributed by atoms with Crippen LogP contribution in [0.2, 0.25) is 0 Å². The average Bonchev–Trinajstić information content (AvgIpc) is 3.57.